The number of sulfone groups is 1. The summed E-state index contributed by atoms with van der Waals surface area (Å²) in [5, 5.41) is 3.70. The van der Waals surface area contributed by atoms with E-state index in [0.717, 1.165) is 26.1 Å². The van der Waals surface area contributed by atoms with Crippen molar-refractivity contribution in [2.24, 2.45) is 11.8 Å². The van der Waals surface area contributed by atoms with Crippen LogP contribution in [0.1, 0.15) is 47.0 Å². The maximum Gasteiger partial charge on any atom is 0.147 e. The summed E-state index contributed by atoms with van der Waals surface area (Å²) in [7, 11) is -2.84. The SMILES string of the molecule is CCC(C)C1CN(CCCS(C)(=O)=O)C(CC(C)C)CN1. The first-order valence-corrected chi connectivity index (χ1v) is 10.4. The molecule has 0 aromatic heterocycles. The van der Waals surface area contributed by atoms with Crippen LogP contribution in [0.25, 0.3) is 0 Å². The van der Waals surface area contributed by atoms with E-state index in [1.807, 2.05) is 0 Å². The van der Waals surface area contributed by atoms with Crippen molar-refractivity contribution >= 4 is 9.84 Å². The highest BCUT2D eigenvalue weighted by Crippen LogP contribution is 2.20. The molecular weight excluding hydrogens is 284 g/mol. The number of hydrogen-bond acceptors (Lipinski definition) is 4. The van der Waals surface area contributed by atoms with Gasteiger partial charge in [0.25, 0.3) is 0 Å². The molecule has 4 nitrogen and oxygen atoms in total. The van der Waals surface area contributed by atoms with Crippen LogP contribution in [0.5, 0.6) is 0 Å². The van der Waals surface area contributed by atoms with E-state index in [4.69, 9.17) is 0 Å². The van der Waals surface area contributed by atoms with Crippen LogP contribution in [0, 0.1) is 11.8 Å². The molecule has 3 atom stereocenters. The van der Waals surface area contributed by atoms with Crippen molar-refractivity contribution in [1.29, 1.82) is 0 Å². The molecule has 3 unspecified atom stereocenters. The van der Waals surface area contributed by atoms with E-state index < -0.39 is 9.84 Å². The molecular formula is C16H34N2O2S. The zero-order valence-corrected chi connectivity index (χ0v) is 15.2. The Morgan fingerprint density at radius 2 is 1.95 bits per heavy atom. The van der Waals surface area contributed by atoms with Crippen molar-refractivity contribution in [3.8, 4) is 0 Å². The van der Waals surface area contributed by atoms with Gasteiger partial charge in [-0.25, -0.2) is 8.42 Å². The number of nitrogens with one attached hydrogen (secondary N) is 1. The summed E-state index contributed by atoms with van der Waals surface area (Å²) in [4.78, 5) is 2.53. The predicted octanol–water partition coefficient (Wildman–Crippen LogP) is 2.16. The topological polar surface area (TPSA) is 49.4 Å². The molecule has 0 radical (unpaired) electrons. The Balaban J connectivity index is 2.60. The van der Waals surface area contributed by atoms with Crippen molar-refractivity contribution in [3.63, 3.8) is 0 Å². The third kappa shape index (κ3) is 7.11. The van der Waals surface area contributed by atoms with Crippen molar-refractivity contribution in [3.05, 3.63) is 0 Å². The molecule has 0 spiro atoms. The highest BCUT2D eigenvalue weighted by atomic mass is 32.2. The maximum absolute atomic E-state index is 11.3. The molecule has 0 aromatic rings. The molecule has 126 valence electrons. The average Bonchev–Trinajstić information content (AvgIpc) is 2.37. The van der Waals surface area contributed by atoms with Crippen LogP contribution in [0.2, 0.25) is 0 Å². The first kappa shape index (κ1) is 18.9. The lowest BCUT2D eigenvalue weighted by molar-refractivity contribution is 0.0960. The van der Waals surface area contributed by atoms with Gasteiger partial charge < -0.3 is 5.32 Å². The summed E-state index contributed by atoms with van der Waals surface area (Å²) in [5.41, 5.74) is 0. The van der Waals surface area contributed by atoms with Crippen LogP contribution in [0.3, 0.4) is 0 Å². The van der Waals surface area contributed by atoms with E-state index >= 15 is 0 Å². The Hall–Kier alpha value is -0.130. The minimum absolute atomic E-state index is 0.305. The Bertz CT molecular complexity index is 395. The van der Waals surface area contributed by atoms with E-state index in [1.54, 1.807) is 0 Å². The third-order valence-corrected chi connectivity index (χ3v) is 5.63. The molecule has 1 aliphatic heterocycles. The van der Waals surface area contributed by atoms with Crippen molar-refractivity contribution in [2.75, 3.05) is 31.6 Å². The van der Waals surface area contributed by atoms with Crippen LogP contribution < -0.4 is 5.32 Å². The lowest BCUT2D eigenvalue weighted by Gasteiger charge is -2.43. The minimum atomic E-state index is -2.84. The molecule has 1 N–H and O–H groups in total. The maximum atomic E-state index is 11.3. The Morgan fingerprint density at radius 3 is 2.48 bits per heavy atom. The van der Waals surface area contributed by atoms with Crippen molar-refractivity contribution < 1.29 is 8.42 Å². The van der Waals surface area contributed by atoms with E-state index in [1.165, 1.54) is 19.1 Å². The Labute approximate surface area is 131 Å². The fourth-order valence-corrected chi connectivity index (χ4v) is 3.78. The molecule has 1 rings (SSSR count). The average molecular weight is 319 g/mol. The van der Waals surface area contributed by atoms with Crippen LogP contribution in [0.4, 0.5) is 0 Å². The second-order valence-electron chi connectivity index (χ2n) is 7.16. The minimum Gasteiger partial charge on any atom is -0.311 e. The summed E-state index contributed by atoms with van der Waals surface area (Å²) in [5.74, 6) is 1.65. The van der Waals surface area contributed by atoms with Crippen LogP contribution in [-0.4, -0.2) is 57.0 Å². The van der Waals surface area contributed by atoms with Gasteiger partial charge in [0.05, 0.1) is 5.75 Å². The monoisotopic (exact) mass is 318 g/mol. The molecule has 0 bridgehead atoms. The molecule has 0 aliphatic carbocycles. The molecule has 1 heterocycles. The lowest BCUT2D eigenvalue weighted by Crippen LogP contribution is -2.58. The Kier molecular flexibility index (Phi) is 7.65. The zero-order chi connectivity index (χ0) is 16.0. The molecule has 0 amide bonds. The van der Waals surface area contributed by atoms with E-state index in [9.17, 15) is 8.42 Å². The van der Waals surface area contributed by atoms with Gasteiger partial charge in [-0.15, -0.1) is 0 Å². The number of rotatable bonds is 8. The van der Waals surface area contributed by atoms with Crippen molar-refractivity contribution in [2.45, 2.75) is 59.0 Å². The first-order chi connectivity index (χ1) is 9.73. The van der Waals surface area contributed by atoms with Crippen LogP contribution in [-0.2, 0) is 9.84 Å². The van der Waals surface area contributed by atoms with Gasteiger partial charge in [-0.2, -0.15) is 0 Å². The molecule has 1 fully saturated rings. The number of nitrogens with zero attached hydrogens (tertiary/aromatic N) is 1. The predicted molar refractivity (Wildman–Crippen MR) is 90.4 cm³/mol. The number of piperazine rings is 1. The van der Waals surface area contributed by atoms with Gasteiger partial charge in [-0.3, -0.25) is 4.90 Å². The molecule has 5 heteroatoms. The smallest absolute Gasteiger partial charge is 0.147 e. The fourth-order valence-electron chi connectivity index (χ4n) is 3.13. The van der Waals surface area contributed by atoms with Crippen LogP contribution in [0.15, 0.2) is 0 Å². The van der Waals surface area contributed by atoms with Gasteiger partial charge in [0.2, 0.25) is 0 Å². The van der Waals surface area contributed by atoms with E-state index in [0.29, 0.717) is 29.7 Å². The molecule has 1 aliphatic rings. The Morgan fingerprint density at radius 1 is 1.29 bits per heavy atom. The van der Waals surface area contributed by atoms with Gasteiger partial charge in [0.1, 0.15) is 9.84 Å². The fraction of sp³-hybridized carbons (Fsp3) is 1.00. The number of hydrogen-bond donors (Lipinski definition) is 1. The summed E-state index contributed by atoms with van der Waals surface area (Å²) in [6, 6.07) is 1.08. The summed E-state index contributed by atoms with van der Waals surface area (Å²) in [6.45, 7) is 12.0. The van der Waals surface area contributed by atoms with E-state index in [2.05, 4.69) is 37.9 Å². The zero-order valence-electron chi connectivity index (χ0n) is 14.4. The van der Waals surface area contributed by atoms with Gasteiger partial charge >= 0.3 is 0 Å². The normalized spacial score (nSPS) is 26.2. The standard InChI is InChI=1S/C16H34N2O2S/c1-6-14(4)16-12-18(8-7-9-21(5,19)20)15(11-17-16)10-13(2)3/h13-17H,6-12H2,1-5H3. The molecule has 0 aromatic carbocycles. The molecule has 21 heavy (non-hydrogen) atoms. The summed E-state index contributed by atoms with van der Waals surface area (Å²) >= 11 is 0. The summed E-state index contributed by atoms with van der Waals surface area (Å²) < 4.78 is 22.6. The second kappa shape index (κ2) is 8.49. The summed E-state index contributed by atoms with van der Waals surface area (Å²) in [6.07, 6.45) is 4.45. The highest BCUT2D eigenvalue weighted by Gasteiger charge is 2.30. The molecule has 0 saturated carbocycles. The van der Waals surface area contributed by atoms with Gasteiger partial charge in [0, 0.05) is 31.4 Å². The lowest BCUT2D eigenvalue weighted by atomic mass is 9.92. The van der Waals surface area contributed by atoms with E-state index in [-0.39, 0.29) is 0 Å². The third-order valence-electron chi connectivity index (χ3n) is 4.60. The first-order valence-electron chi connectivity index (χ1n) is 8.38. The molecule has 1 saturated heterocycles. The van der Waals surface area contributed by atoms with Gasteiger partial charge in [0.15, 0.2) is 0 Å². The second-order valence-corrected chi connectivity index (χ2v) is 9.42. The van der Waals surface area contributed by atoms with Crippen LogP contribution >= 0.6 is 0 Å². The quantitative estimate of drug-likeness (QED) is 0.745. The largest absolute Gasteiger partial charge is 0.311 e. The highest BCUT2D eigenvalue weighted by molar-refractivity contribution is 7.90. The van der Waals surface area contributed by atoms with Gasteiger partial charge in [-0.05, 0) is 31.2 Å². The van der Waals surface area contributed by atoms with Crippen molar-refractivity contribution in [1.82, 2.24) is 10.2 Å². The van der Waals surface area contributed by atoms with Gasteiger partial charge in [-0.1, -0.05) is 34.1 Å².